The molecular weight excluding hydrogens is 390 g/mol. The minimum absolute atomic E-state index is 0.458. The van der Waals surface area contributed by atoms with Gasteiger partial charge in [0.05, 0.1) is 0 Å². The highest BCUT2D eigenvalue weighted by Gasteiger charge is 2.15. The molecule has 0 spiro atoms. The first-order valence-corrected chi connectivity index (χ1v) is 9.40. The van der Waals surface area contributed by atoms with Crippen LogP contribution < -0.4 is 4.90 Å². The van der Waals surface area contributed by atoms with Gasteiger partial charge in [-0.2, -0.15) is 0 Å². The minimum atomic E-state index is -0.926. The molecular formula is C22H22BrNO2. The minimum Gasteiger partial charge on any atom is -0.364 e. The summed E-state index contributed by atoms with van der Waals surface area (Å²) in [5.41, 5.74) is 5.01. The average molecular weight is 412 g/mol. The van der Waals surface area contributed by atoms with Crippen molar-refractivity contribution in [2.45, 2.75) is 20.1 Å². The summed E-state index contributed by atoms with van der Waals surface area (Å²) in [6.07, 6.45) is -0.926. The topological polar surface area (TPSA) is 32.7 Å². The van der Waals surface area contributed by atoms with E-state index in [0.29, 0.717) is 6.61 Å². The van der Waals surface area contributed by atoms with Crippen molar-refractivity contribution in [2.75, 3.05) is 11.5 Å². The Labute approximate surface area is 163 Å². The second kappa shape index (κ2) is 8.49. The molecule has 0 bridgehead atoms. The Hall–Kier alpha value is -2.14. The fraction of sp³-hybridized carbons (Fsp3) is 0.182. The summed E-state index contributed by atoms with van der Waals surface area (Å²) in [6, 6.07) is 24.4. The lowest BCUT2D eigenvalue weighted by atomic mass is 10.1. The van der Waals surface area contributed by atoms with Crippen LogP contribution in [-0.2, 0) is 4.74 Å². The van der Waals surface area contributed by atoms with Crippen LogP contribution >= 0.6 is 15.9 Å². The van der Waals surface area contributed by atoms with Crippen LogP contribution in [0.15, 0.2) is 77.3 Å². The maximum atomic E-state index is 10.2. The van der Waals surface area contributed by atoms with Gasteiger partial charge in [-0.1, -0.05) is 45.8 Å². The second-order valence-corrected chi connectivity index (χ2v) is 6.97. The van der Waals surface area contributed by atoms with E-state index in [-0.39, 0.29) is 0 Å². The molecule has 0 fully saturated rings. The van der Waals surface area contributed by atoms with E-state index in [2.05, 4.69) is 64.2 Å². The predicted molar refractivity (Wildman–Crippen MR) is 110 cm³/mol. The van der Waals surface area contributed by atoms with Crippen LogP contribution in [0.2, 0.25) is 0 Å². The molecule has 3 aromatic carbocycles. The summed E-state index contributed by atoms with van der Waals surface area (Å²) in [5, 5.41) is 10.2. The van der Waals surface area contributed by atoms with Gasteiger partial charge in [0.15, 0.2) is 6.29 Å². The first-order valence-electron chi connectivity index (χ1n) is 8.60. The molecule has 0 amide bonds. The van der Waals surface area contributed by atoms with Gasteiger partial charge in [0, 0.05) is 33.7 Å². The van der Waals surface area contributed by atoms with Crippen LogP contribution in [0, 0.1) is 6.92 Å². The van der Waals surface area contributed by atoms with E-state index in [1.165, 1.54) is 5.56 Å². The third-order valence-corrected chi connectivity index (χ3v) is 4.64. The summed E-state index contributed by atoms with van der Waals surface area (Å²) < 4.78 is 6.37. The van der Waals surface area contributed by atoms with Crippen LogP contribution in [-0.4, -0.2) is 11.7 Å². The van der Waals surface area contributed by atoms with Gasteiger partial charge in [-0.3, -0.25) is 0 Å². The van der Waals surface area contributed by atoms with Crippen LogP contribution in [0.1, 0.15) is 24.3 Å². The zero-order valence-electron chi connectivity index (χ0n) is 14.9. The molecule has 4 heteroatoms. The average Bonchev–Trinajstić information content (AvgIpc) is 2.65. The number of hydrogen-bond acceptors (Lipinski definition) is 3. The van der Waals surface area contributed by atoms with Gasteiger partial charge in [-0.25, -0.2) is 0 Å². The Kier molecular flexibility index (Phi) is 6.09. The summed E-state index contributed by atoms with van der Waals surface area (Å²) in [4.78, 5) is 2.16. The van der Waals surface area contributed by atoms with Crippen molar-refractivity contribution in [3.05, 3.63) is 88.4 Å². The Morgan fingerprint density at radius 3 is 2.15 bits per heavy atom. The Balaban J connectivity index is 2.07. The number of aliphatic hydroxyl groups is 1. The number of benzene rings is 3. The highest BCUT2D eigenvalue weighted by molar-refractivity contribution is 9.10. The largest absolute Gasteiger partial charge is 0.364 e. The third kappa shape index (κ3) is 4.33. The zero-order chi connectivity index (χ0) is 18.5. The van der Waals surface area contributed by atoms with Crippen molar-refractivity contribution >= 4 is 33.0 Å². The molecule has 3 nitrogen and oxygen atoms in total. The molecule has 0 heterocycles. The molecule has 134 valence electrons. The molecule has 0 saturated carbocycles. The fourth-order valence-corrected chi connectivity index (χ4v) is 3.07. The molecule has 1 atom stereocenters. The molecule has 26 heavy (non-hydrogen) atoms. The maximum Gasteiger partial charge on any atom is 0.181 e. The van der Waals surface area contributed by atoms with Crippen LogP contribution in [0.3, 0.4) is 0 Å². The molecule has 0 aliphatic rings. The van der Waals surface area contributed by atoms with E-state index >= 15 is 0 Å². The summed E-state index contributed by atoms with van der Waals surface area (Å²) >= 11 is 3.50. The monoisotopic (exact) mass is 411 g/mol. The summed E-state index contributed by atoms with van der Waals surface area (Å²) in [5.74, 6) is 0. The van der Waals surface area contributed by atoms with Crippen molar-refractivity contribution in [3.8, 4) is 0 Å². The number of rotatable bonds is 6. The highest BCUT2D eigenvalue weighted by Crippen LogP contribution is 2.36. The molecule has 3 aromatic rings. The molecule has 0 aromatic heterocycles. The third-order valence-electron chi connectivity index (χ3n) is 4.12. The Bertz CT molecular complexity index is 801. The lowest BCUT2D eigenvalue weighted by Crippen LogP contribution is -2.11. The van der Waals surface area contributed by atoms with Gasteiger partial charge in [0.25, 0.3) is 0 Å². The lowest BCUT2D eigenvalue weighted by molar-refractivity contribution is -0.0979. The fourth-order valence-electron chi connectivity index (χ4n) is 2.80. The van der Waals surface area contributed by atoms with E-state index in [1.807, 2.05) is 43.3 Å². The number of nitrogens with zero attached hydrogens (tertiary/aromatic N) is 1. The van der Waals surface area contributed by atoms with Crippen molar-refractivity contribution in [1.82, 2.24) is 0 Å². The SMILES string of the molecule is CCOC(O)c1cccc(N(c2ccc(C)cc2)c2ccc(Br)cc2)c1. The van der Waals surface area contributed by atoms with Crippen LogP contribution in [0.5, 0.6) is 0 Å². The second-order valence-electron chi connectivity index (χ2n) is 6.05. The van der Waals surface area contributed by atoms with Crippen molar-refractivity contribution in [2.24, 2.45) is 0 Å². The van der Waals surface area contributed by atoms with Crippen LogP contribution in [0.4, 0.5) is 17.1 Å². The molecule has 3 rings (SSSR count). The van der Waals surface area contributed by atoms with E-state index in [4.69, 9.17) is 4.74 Å². The van der Waals surface area contributed by atoms with Gasteiger partial charge < -0.3 is 14.7 Å². The standard InChI is InChI=1S/C22H22BrNO2/c1-3-26-22(25)17-5-4-6-21(15-17)24(19-11-7-16(2)8-12-19)20-13-9-18(23)10-14-20/h4-15,22,25H,3H2,1-2H3. The zero-order valence-corrected chi connectivity index (χ0v) is 16.5. The first-order chi connectivity index (χ1) is 12.6. The lowest BCUT2D eigenvalue weighted by Gasteiger charge is -2.26. The predicted octanol–water partition coefficient (Wildman–Crippen LogP) is 6.25. The van der Waals surface area contributed by atoms with Crippen molar-refractivity contribution in [1.29, 1.82) is 0 Å². The number of halogens is 1. The maximum absolute atomic E-state index is 10.2. The molecule has 0 aliphatic heterocycles. The smallest absolute Gasteiger partial charge is 0.181 e. The Morgan fingerprint density at radius 1 is 0.923 bits per heavy atom. The van der Waals surface area contributed by atoms with Gasteiger partial charge in [0.1, 0.15) is 0 Å². The highest BCUT2D eigenvalue weighted by atomic mass is 79.9. The number of anilines is 3. The van der Waals surface area contributed by atoms with Gasteiger partial charge in [0.2, 0.25) is 0 Å². The number of aryl methyl sites for hydroxylation is 1. The van der Waals surface area contributed by atoms with Crippen molar-refractivity contribution in [3.63, 3.8) is 0 Å². The van der Waals surface area contributed by atoms with E-state index in [1.54, 1.807) is 0 Å². The number of ether oxygens (including phenoxy) is 1. The normalized spacial score (nSPS) is 12.0. The van der Waals surface area contributed by atoms with E-state index in [9.17, 15) is 5.11 Å². The number of aliphatic hydroxyl groups excluding tert-OH is 1. The molecule has 0 saturated heterocycles. The number of hydrogen-bond donors (Lipinski definition) is 1. The first kappa shape index (κ1) is 18.6. The van der Waals surface area contributed by atoms with Crippen LogP contribution in [0.25, 0.3) is 0 Å². The Morgan fingerprint density at radius 2 is 1.54 bits per heavy atom. The van der Waals surface area contributed by atoms with E-state index < -0.39 is 6.29 Å². The molecule has 1 unspecified atom stereocenters. The molecule has 1 N–H and O–H groups in total. The van der Waals surface area contributed by atoms with E-state index in [0.717, 1.165) is 27.1 Å². The quantitative estimate of drug-likeness (QED) is 0.486. The van der Waals surface area contributed by atoms with Crippen molar-refractivity contribution < 1.29 is 9.84 Å². The van der Waals surface area contributed by atoms with Gasteiger partial charge in [-0.05, 0) is 62.4 Å². The molecule has 0 aliphatic carbocycles. The summed E-state index contributed by atoms with van der Waals surface area (Å²) in [6.45, 7) is 4.40. The molecule has 0 radical (unpaired) electrons. The summed E-state index contributed by atoms with van der Waals surface area (Å²) in [7, 11) is 0. The van der Waals surface area contributed by atoms with Gasteiger partial charge >= 0.3 is 0 Å². The van der Waals surface area contributed by atoms with Gasteiger partial charge in [-0.15, -0.1) is 0 Å².